The Morgan fingerprint density at radius 2 is 1.64 bits per heavy atom. The molecule has 148 valence electrons. The summed E-state index contributed by atoms with van der Waals surface area (Å²) in [6.45, 7) is 3.41. The fraction of sp³-hybridized carbons (Fsp3) is 0.286. The van der Waals surface area contributed by atoms with Gasteiger partial charge in [-0.1, -0.05) is 12.1 Å². The van der Waals surface area contributed by atoms with Crippen LogP contribution in [-0.2, 0) is 19.1 Å². The minimum Gasteiger partial charge on any atom is -0.456 e. The van der Waals surface area contributed by atoms with E-state index in [2.05, 4.69) is 10.6 Å². The standard InChI is InChI=1S/C21H23FN2O4/c1-14-6-7-15(2)18(12-14)24-19(25)4-3-5-21(27)28-13-20(26)23-17-10-8-16(22)9-11-17/h6-12H,3-5,13H2,1-2H3,(H,23,26)(H,24,25). The van der Waals surface area contributed by atoms with Crippen molar-refractivity contribution < 1.29 is 23.5 Å². The topological polar surface area (TPSA) is 84.5 Å². The third-order valence-corrected chi connectivity index (χ3v) is 3.94. The zero-order valence-corrected chi connectivity index (χ0v) is 15.9. The Balaban J connectivity index is 1.65. The molecular weight excluding hydrogens is 363 g/mol. The zero-order chi connectivity index (χ0) is 20.5. The van der Waals surface area contributed by atoms with E-state index in [4.69, 9.17) is 4.74 Å². The van der Waals surface area contributed by atoms with Crippen molar-refractivity contribution >= 4 is 29.2 Å². The van der Waals surface area contributed by atoms with Crippen LogP contribution in [-0.4, -0.2) is 24.4 Å². The van der Waals surface area contributed by atoms with Crippen LogP contribution < -0.4 is 10.6 Å². The molecule has 0 fully saturated rings. The first-order valence-corrected chi connectivity index (χ1v) is 8.91. The van der Waals surface area contributed by atoms with E-state index in [1.165, 1.54) is 24.3 Å². The molecule has 6 nitrogen and oxygen atoms in total. The number of esters is 1. The van der Waals surface area contributed by atoms with Gasteiger partial charge in [0.15, 0.2) is 6.61 Å². The maximum Gasteiger partial charge on any atom is 0.306 e. The van der Waals surface area contributed by atoms with Gasteiger partial charge in [0.1, 0.15) is 5.82 Å². The lowest BCUT2D eigenvalue weighted by atomic mass is 10.1. The third-order valence-electron chi connectivity index (χ3n) is 3.94. The molecule has 0 aliphatic heterocycles. The van der Waals surface area contributed by atoms with Crippen molar-refractivity contribution in [3.63, 3.8) is 0 Å². The number of rotatable bonds is 8. The first kappa shape index (κ1) is 21.1. The summed E-state index contributed by atoms with van der Waals surface area (Å²) in [5.74, 6) is -1.68. The minimum absolute atomic E-state index is 0.0318. The number of aryl methyl sites for hydroxylation is 2. The fourth-order valence-electron chi connectivity index (χ4n) is 2.43. The van der Waals surface area contributed by atoms with Crippen molar-refractivity contribution in [2.24, 2.45) is 0 Å². The summed E-state index contributed by atoms with van der Waals surface area (Å²) < 4.78 is 17.7. The molecule has 2 N–H and O–H groups in total. The maximum atomic E-state index is 12.8. The molecule has 0 heterocycles. The fourth-order valence-corrected chi connectivity index (χ4v) is 2.43. The normalized spacial score (nSPS) is 10.2. The summed E-state index contributed by atoms with van der Waals surface area (Å²) in [6, 6.07) is 11.0. The van der Waals surface area contributed by atoms with E-state index in [1.807, 2.05) is 32.0 Å². The number of ether oxygens (including phenoxy) is 1. The van der Waals surface area contributed by atoms with Crippen LogP contribution in [0.15, 0.2) is 42.5 Å². The van der Waals surface area contributed by atoms with Crippen LogP contribution in [0.5, 0.6) is 0 Å². The molecule has 0 unspecified atom stereocenters. The molecule has 0 bridgehead atoms. The number of amides is 2. The minimum atomic E-state index is -0.561. The van der Waals surface area contributed by atoms with Crippen LogP contribution in [0.2, 0.25) is 0 Å². The predicted molar refractivity (Wildman–Crippen MR) is 104 cm³/mol. The van der Waals surface area contributed by atoms with Crippen LogP contribution >= 0.6 is 0 Å². The zero-order valence-electron chi connectivity index (χ0n) is 15.9. The number of benzene rings is 2. The van der Waals surface area contributed by atoms with Crippen LogP contribution in [0.4, 0.5) is 15.8 Å². The summed E-state index contributed by atoms with van der Waals surface area (Å²) in [5, 5.41) is 5.31. The highest BCUT2D eigenvalue weighted by Gasteiger charge is 2.10. The molecule has 0 atom stereocenters. The Hall–Kier alpha value is -3.22. The predicted octanol–water partition coefficient (Wildman–Crippen LogP) is 3.73. The Morgan fingerprint density at radius 1 is 0.929 bits per heavy atom. The highest BCUT2D eigenvalue weighted by Crippen LogP contribution is 2.17. The molecule has 2 amide bonds. The van der Waals surface area contributed by atoms with E-state index >= 15 is 0 Å². The molecule has 0 aliphatic carbocycles. The van der Waals surface area contributed by atoms with Crippen molar-refractivity contribution in [2.45, 2.75) is 33.1 Å². The summed E-state index contributed by atoms with van der Waals surface area (Å²) in [6.07, 6.45) is 0.517. The van der Waals surface area contributed by atoms with Crippen LogP contribution in [0.1, 0.15) is 30.4 Å². The van der Waals surface area contributed by atoms with Crippen molar-refractivity contribution in [3.8, 4) is 0 Å². The van der Waals surface area contributed by atoms with Gasteiger partial charge in [-0.25, -0.2) is 4.39 Å². The summed E-state index contributed by atoms with van der Waals surface area (Å²) in [5.41, 5.74) is 3.17. The van der Waals surface area contributed by atoms with E-state index in [0.29, 0.717) is 12.1 Å². The molecule has 2 aromatic carbocycles. The molecule has 0 saturated carbocycles. The van der Waals surface area contributed by atoms with E-state index < -0.39 is 24.3 Å². The van der Waals surface area contributed by atoms with Gasteiger partial charge in [0.05, 0.1) is 0 Å². The average Bonchev–Trinajstić information content (AvgIpc) is 2.65. The van der Waals surface area contributed by atoms with Gasteiger partial charge in [-0.3, -0.25) is 14.4 Å². The first-order chi connectivity index (χ1) is 13.3. The highest BCUT2D eigenvalue weighted by molar-refractivity contribution is 5.93. The number of anilines is 2. The lowest BCUT2D eigenvalue weighted by Crippen LogP contribution is -2.21. The smallest absolute Gasteiger partial charge is 0.306 e. The van der Waals surface area contributed by atoms with Gasteiger partial charge in [0.25, 0.3) is 5.91 Å². The second-order valence-electron chi connectivity index (χ2n) is 6.44. The molecule has 7 heteroatoms. The number of hydrogen-bond acceptors (Lipinski definition) is 4. The van der Waals surface area contributed by atoms with Gasteiger partial charge in [0.2, 0.25) is 5.91 Å². The lowest BCUT2D eigenvalue weighted by molar-refractivity contribution is -0.147. The van der Waals surface area contributed by atoms with E-state index in [1.54, 1.807) is 0 Å². The Kier molecular flexibility index (Phi) is 7.68. The molecule has 0 spiro atoms. The second kappa shape index (κ2) is 10.2. The molecule has 0 saturated heterocycles. The molecule has 0 radical (unpaired) electrons. The third kappa shape index (κ3) is 7.19. The highest BCUT2D eigenvalue weighted by atomic mass is 19.1. The van der Waals surface area contributed by atoms with Crippen LogP contribution in [0, 0.1) is 19.7 Å². The number of carbonyl (C=O) groups excluding carboxylic acids is 3. The SMILES string of the molecule is Cc1ccc(C)c(NC(=O)CCCC(=O)OCC(=O)Nc2ccc(F)cc2)c1. The summed E-state index contributed by atoms with van der Waals surface area (Å²) in [7, 11) is 0. The van der Waals surface area contributed by atoms with Gasteiger partial charge < -0.3 is 15.4 Å². The van der Waals surface area contributed by atoms with Crippen molar-refractivity contribution in [3.05, 3.63) is 59.4 Å². The molecule has 2 rings (SSSR count). The van der Waals surface area contributed by atoms with Crippen molar-refractivity contribution in [2.75, 3.05) is 17.2 Å². The number of carbonyl (C=O) groups is 3. The lowest BCUT2D eigenvalue weighted by Gasteiger charge is -2.09. The van der Waals surface area contributed by atoms with Crippen molar-refractivity contribution in [1.29, 1.82) is 0 Å². The average molecular weight is 386 g/mol. The molecule has 0 aromatic heterocycles. The van der Waals surface area contributed by atoms with Gasteiger partial charge in [-0.05, 0) is 61.7 Å². The molecule has 2 aromatic rings. The van der Waals surface area contributed by atoms with Gasteiger partial charge in [-0.2, -0.15) is 0 Å². The van der Waals surface area contributed by atoms with Crippen LogP contribution in [0.3, 0.4) is 0 Å². The Labute approximate surface area is 163 Å². The summed E-state index contributed by atoms with van der Waals surface area (Å²) >= 11 is 0. The number of hydrogen-bond donors (Lipinski definition) is 2. The quantitative estimate of drug-likeness (QED) is 0.677. The van der Waals surface area contributed by atoms with E-state index in [0.717, 1.165) is 16.8 Å². The largest absolute Gasteiger partial charge is 0.456 e. The Bertz CT molecular complexity index is 850. The van der Waals surface area contributed by atoms with Crippen LogP contribution in [0.25, 0.3) is 0 Å². The monoisotopic (exact) mass is 386 g/mol. The van der Waals surface area contributed by atoms with Gasteiger partial charge >= 0.3 is 5.97 Å². The van der Waals surface area contributed by atoms with Crippen molar-refractivity contribution in [1.82, 2.24) is 0 Å². The van der Waals surface area contributed by atoms with E-state index in [9.17, 15) is 18.8 Å². The molecule has 0 aliphatic rings. The maximum absolute atomic E-state index is 12.8. The second-order valence-corrected chi connectivity index (χ2v) is 6.44. The summed E-state index contributed by atoms with van der Waals surface area (Å²) in [4.78, 5) is 35.4. The number of halogens is 1. The molecular formula is C21H23FN2O4. The first-order valence-electron chi connectivity index (χ1n) is 8.91. The number of nitrogens with one attached hydrogen (secondary N) is 2. The van der Waals surface area contributed by atoms with Gasteiger partial charge in [0, 0.05) is 24.2 Å². The Morgan fingerprint density at radius 3 is 2.36 bits per heavy atom. The van der Waals surface area contributed by atoms with E-state index in [-0.39, 0.29) is 18.7 Å². The van der Waals surface area contributed by atoms with Gasteiger partial charge in [-0.15, -0.1) is 0 Å². The molecule has 28 heavy (non-hydrogen) atoms.